The molecule has 0 saturated carbocycles. The molecule has 3 N–H and O–H groups in total. The van der Waals surface area contributed by atoms with Crippen molar-refractivity contribution in [2.45, 2.75) is 11.8 Å². The standard InChI is InChI=1S/C9H11ClN6O2S/c1-5-7(10)3-6(4-8(5)11)19(17,18)14-9-12-15-16(2)13-9/h3-4H,11H2,1-2H3,(H,13,14). The lowest BCUT2D eigenvalue weighted by molar-refractivity contribution is 0.600. The normalized spacial score (nSPS) is 11.5. The van der Waals surface area contributed by atoms with Crippen LogP contribution < -0.4 is 10.5 Å². The highest BCUT2D eigenvalue weighted by Gasteiger charge is 2.19. The molecule has 0 bridgehead atoms. The molecule has 19 heavy (non-hydrogen) atoms. The van der Waals surface area contributed by atoms with Gasteiger partial charge in [0.2, 0.25) is 0 Å². The predicted molar refractivity (Wildman–Crippen MR) is 70.2 cm³/mol. The van der Waals surface area contributed by atoms with Gasteiger partial charge < -0.3 is 5.73 Å². The number of nitrogens with zero attached hydrogens (tertiary/aromatic N) is 4. The molecule has 2 aromatic rings. The Morgan fingerprint density at radius 1 is 1.42 bits per heavy atom. The molecule has 1 aromatic carbocycles. The predicted octanol–water partition coefficient (Wildman–Crippen LogP) is 0.555. The number of rotatable bonds is 3. The van der Waals surface area contributed by atoms with Crippen LogP contribution in [0, 0.1) is 6.92 Å². The molecule has 0 aliphatic heterocycles. The topological polar surface area (TPSA) is 116 Å². The second-order valence-corrected chi connectivity index (χ2v) is 5.92. The number of halogens is 1. The lowest BCUT2D eigenvalue weighted by Crippen LogP contribution is -2.15. The van der Waals surface area contributed by atoms with E-state index in [2.05, 4.69) is 20.1 Å². The molecule has 1 aromatic heterocycles. The average Bonchev–Trinajstić information content (AvgIpc) is 2.70. The van der Waals surface area contributed by atoms with Crippen molar-refractivity contribution in [3.8, 4) is 0 Å². The summed E-state index contributed by atoms with van der Waals surface area (Å²) in [7, 11) is -2.34. The number of hydrogen-bond donors (Lipinski definition) is 2. The van der Waals surface area contributed by atoms with E-state index in [9.17, 15) is 8.42 Å². The summed E-state index contributed by atoms with van der Waals surface area (Å²) in [4.78, 5) is 1.07. The quantitative estimate of drug-likeness (QED) is 0.800. The smallest absolute Gasteiger partial charge is 0.277 e. The molecule has 0 atom stereocenters. The number of nitrogens with one attached hydrogen (secondary N) is 1. The van der Waals surface area contributed by atoms with Gasteiger partial charge >= 0.3 is 0 Å². The number of anilines is 2. The number of sulfonamides is 1. The Morgan fingerprint density at radius 3 is 2.63 bits per heavy atom. The van der Waals surface area contributed by atoms with E-state index in [1.807, 2.05) is 0 Å². The van der Waals surface area contributed by atoms with E-state index in [1.165, 1.54) is 19.2 Å². The minimum Gasteiger partial charge on any atom is -0.398 e. The van der Waals surface area contributed by atoms with Crippen molar-refractivity contribution in [1.29, 1.82) is 0 Å². The van der Waals surface area contributed by atoms with Gasteiger partial charge in [0.25, 0.3) is 16.0 Å². The molecule has 0 spiro atoms. The molecule has 102 valence electrons. The summed E-state index contributed by atoms with van der Waals surface area (Å²) in [6.45, 7) is 1.70. The Morgan fingerprint density at radius 2 is 2.11 bits per heavy atom. The van der Waals surface area contributed by atoms with Crippen molar-refractivity contribution in [2.24, 2.45) is 7.05 Å². The molecule has 0 aliphatic carbocycles. The SMILES string of the molecule is Cc1c(N)cc(S(=O)(=O)Nc2nnn(C)n2)cc1Cl. The van der Waals surface area contributed by atoms with Crippen LogP contribution in [-0.2, 0) is 17.1 Å². The Bertz CT molecular complexity index is 703. The molecule has 0 radical (unpaired) electrons. The van der Waals surface area contributed by atoms with Crippen molar-refractivity contribution in [3.05, 3.63) is 22.7 Å². The van der Waals surface area contributed by atoms with Gasteiger partial charge in [-0.25, -0.2) is 13.1 Å². The Kier molecular flexibility index (Phi) is 3.33. The van der Waals surface area contributed by atoms with E-state index < -0.39 is 10.0 Å². The maximum absolute atomic E-state index is 12.1. The van der Waals surface area contributed by atoms with Crippen LogP contribution in [0.5, 0.6) is 0 Å². The minimum atomic E-state index is -3.85. The van der Waals surface area contributed by atoms with Crippen molar-refractivity contribution >= 4 is 33.3 Å². The first-order valence-corrected chi connectivity index (χ1v) is 6.98. The number of hydrogen-bond acceptors (Lipinski definition) is 6. The maximum Gasteiger partial charge on any atom is 0.277 e. The monoisotopic (exact) mass is 302 g/mol. The van der Waals surface area contributed by atoms with Crippen molar-refractivity contribution < 1.29 is 8.42 Å². The first kappa shape index (κ1) is 13.6. The van der Waals surface area contributed by atoms with Gasteiger partial charge in [0.05, 0.1) is 11.9 Å². The molecule has 0 aliphatic rings. The largest absolute Gasteiger partial charge is 0.398 e. The fraction of sp³-hybridized carbons (Fsp3) is 0.222. The highest BCUT2D eigenvalue weighted by atomic mass is 35.5. The van der Waals surface area contributed by atoms with E-state index >= 15 is 0 Å². The fourth-order valence-corrected chi connectivity index (χ4v) is 2.62. The summed E-state index contributed by atoms with van der Waals surface area (Å²) in [6, 6.07) is 2.63. The molecular formula is C9H11ClN6O2S. The van der Waals surface area contributed by atoms with Gasteiger partial charge in [-0.15, -0.1) is 5.10 Å². The molecule has 0 fully saturated rings. The van der Waals surface area contributed by atoms with Gasteiger partial charge in [0.15, 0.2) is 0 Å². The lowest BCUT2D eigenvalue weighted by Gasteiger charge is -2.08. The van der Waals surface area contributed by atoms with E-state index in [-0.39, 0.29) is 15.9 Å². The average molecular weight is 303 g/mol. The molecule has 10 heteroatoms. The highest BCUT2D eigenvalue weighted by molar-refractivity contribution is 7.92. The van der Waals surface area contributed by atoms with E-state index in [1.54, 1.807) is 6.92 Å². The van der Waals surface area contributed by atoms with Crippen LogP contribution in [0.25, 0.3) is 0 Å². The van der Waals surface area contributed by atoms with Gasteiger partial charge in [-0.05, 0) is 29.8 Å². The zero-order valence-electron chi connectivity index (χ0n) is 10.1. The molecule has 0 amide bonds. The van der Waals surface area contributed by atoms with Crippen LogP contribution >= 0.6 is 11.6 Å². The lowest BCUT2D eigenvalue weighted by atomic mass is 10.2. The highest BCUT2D eigenvalue weighted by Crippen LogP contribution is 2.26. The summed E-state index contributed by atoms with van der Waals surface area (Å²) < 4.78 is 26.4. The number of nitrogen functional groups attached to an aromatic ring is 1. The second kappa shape index (κ2) is 4.67. The van der Waals surface area contributed by atoms with Crippen LogP contribution in [0.4, 0.5) is 11.6 Å². The molecule has 0 unspecified atom stereocenters. The third-order valence-electron chi connectivity index (χ3n) is 2.40. The van der Waals surface area contributed by atoms with Crippen LogP contribution in [-0.4, -0.2) is 28.6 Å². The molecule has 2 rings (SSSR count). The minimum absolute atomic E-state index is 0.0620. The Hall–Kier alpha value is -1.87. The first-order valence-electron chi connectivity index (χ1n) is 5.12. The van der Waals surface area contributed by atoms with Gasteiger partial charge in [-0.3, -0.25) is 0 Å². The summed E-state index contributed by atoms with van der Waals surface area (Å²) in [5.74, 6) is -0.127. The van der Waals surface area contributed by atoms with E-state index in [0.717, 1.165) is 4.80 Å². The molecule has 1 heterocycles. The molecular weight excluding hydrogens is 292 g/mol. The van der Waals surface area contributed by atoms with E-state index in [0.29, 0.717) is 11.3 Å². The summed E-state index contributed by atoms with van der Waals surface area (Å²) in [6.07, 6.45) is 0. The summed E-state index contributed by atoms with van der Waals surface area (Å²) >= 11 is 5.91. The zero-order valence-corrected chi connectivity index (χ0v) is 11.7. The number of aromatic nitrogens is 4. The van der Waals surface area contributed by atoms with Crippen molar-refractivity contribution in [2.75, 3.05) is 10.5 Å². The van der Waals surface area contributed by atoms with Gasteiger partial charge in [0.1, 0.15) is 0 Å². The van der Waals surface area contributed by atoms with Gasteiger partial charge in [-0.2, -0.15) is 4.80 Å². The van der Waals surface area contributed by atoms with Crippen LogP contribution in [0.3, 0.4) is 0 Å². The second-order valence-electron chi connectivity index (χ2n) is 3.83. The van der Waals surface area contributed by atoms with Gasteiger partial charge in [0, 0.05) is 10.7 Å². The van der Waals surface area contributed by atoms with Crippen LogP contribution in [0.2, 0.25) is 5.02 Å². The Labute approximate surface area is 114 Å². The summed E-state index contributed by atoms with van der Waals surface area (Å²) in [5, 5.41) is 11.1. The van der Waals surface area contributed by atoms with Crippen LogP contribution in [0.1, 0.15) is 5.56 Å². The zero-order chi connectivity index (χ0) is 14.2. The van der Waals surface area contributed by atoms with Crippen LogP contribution in [0.15, 0.2) is 17.0 Å². The van der Waals surface area contributed by atoms with Crippen molar-refractivity contribution in [3.63, 3.8) is 0 Å². The maximum atomic E-state index is 12.1. The third kappa shape index (κ3) is 2.76. The molecule has 0 saturated heterocycles. The van der Waals surface area contributed by atoms with E-state index in [4.69, 9.17) is 17.3 Å². The number of benzene rings is 1. The fourth-order valence-electron chi connectivity index (χ4n) is 1.33. The Balaban J connectivity index is 2.40. The van der Waals surface area contributed by atoms with Crippen molar-refractivity contribution in [1.82, 2.24) is 20.2 Å². The third-order valence-corrected chi connectivity index (χ3v) is 4.10. The molecule has 8 nitrogen and oxygen atoms in total. The van der Waals surface area contributed by atoms with Gasteiger partial charge in [-0.1, -0.05) is 16.7 Å². The number of tetrazole rings is 1. The first-order chi connectivity index (χ1) is 8.79. The summed E-state index contributed by atoms with van der Waals surface area (Å²) in [5.41, 5.74) is 6.61. The number of aryl methyl sites for hydroxylation is 1. The number of nitrogens with two attached hydrogens (primary N) is 1.